The standard InChI is InChI=1S/2C20H17F2N5O.C19H15F2N5O.C17H11F2N5/c21-14-6-3-12(4-7-14)5-8-17-15-10-13(11-16(22)19(15)26-24-17)20-23-18(25-27-20)2-1-9-28;21-13-6-3-12(4-7-13)5-8-17-15-10-14(16(22)11-18(15)25-24-17)20-23-19(26-27-20)2-1-9-28;1-10(27)18-22-19(26-25-18)12-8-14-16(23-24-17(14)15(21)9-12)7-4-11-2-5-13(20)6-3-11;18-11-4-1-10(2-5-11)3-6-15-13-7-12(17-20-9-21-24-17)14(19)8-16(13)23-22-15/h3-8,10-11,28H,1-2,9H2,(H,24,26)(H,23,25,27);3-8,10-11,28H,1-2,9H2,(H,24,25)(H,23,26,27);2-10,27H,1H3,(H,23,24)(H,22,25,26);1-9H,(H,22,23)(H,20,21,24)/b2*8-5+;7-4+;6-3+. The fraction of sp³-hybridized carbons (Fsp3) is 0.105. The lowest BCUT2D eigenvalue weighted by Crippen LogP contribution is -1.93. The van der Waals surface area contributed by atoms with E-state index in [9.17, 15) is 40.2 Å². The topological polar surface area (TPSA) is 342 Å². The second-order valence-electron chi connectivity index (χ2n) is 23.9. The summed E-state index contributed by atoms with van der Waals surface area (Å²) in [5.74, 6) is -0.290. The fourth-order valence-corrected chi connectivity index (χ4v) is 10.9. The van der Waals surface area contributed by atoms with Gasteiger partial charge in [0.15, 0.2) is 40.8 Å². The maximum absolute atomic E-state index is 14.5. The molecular formula is C76H60F8N20O3. The van der Waals surface area contributed by atoms with Crippen LogP contribution < -0.4 is 0 Å². The van der Waals surface area contributed by atoms with Gasteiger partial charge in [0.05, 0.1) is 44.9 Å². The van der Waals surface area contributed by atoms with E-state index in [4.69, 9.17) is 10.2 Å². The summed E-state index contributed by atoms with van der Waals surface area (Å²) < 4.78 is 110. The molecule has 0 radical (unpaired) electrons. The average Bonchev–Trinajstić information content (AvgIpc) is 1.65. The van der Waals surface area contributed by atoms with Gasteiger partial charge in [0.1, 0.15) is 70.0 Å². The molecule has 538 valence electrons. The molecule has 0 aliphatic carbocycles. The first-order valence-corrected chi connectivity index (χ1v) is 33.0. The predicted molar refractivity (Wildman–Crippen MR) is 388 cm³/mol. The highest BCUT2D eigenvalue weighted by Gasteiger charge is 2.20. The van der Waals surface area contributed by atoms with Crippen LogP contribution in [0, 0.1) is 46.5 Å². The first kappa shape index (κ1) is 71.9. The van der Waals surface area contributed by atoms with Gasteiger partial charge in [-0.05, 0) is 151 Å². The summed E-state index contributed by atoms with van der Waals surface area (Å²) in [5.41, 5.74) is 8.86. The monoisotopic (exact) mass is 1450 g/mol. The average molecular weight is 1450 g/mol. The fourth-order valence-electron chi connectivity index (χ4n) is 10.9. The van der Waals surface area contributed by atoms with Crippen LogP contribution in [0.25, 0.3) is 138 Å². The summed E-state index contributed by atoms with van der Waals surface area (Å²) in [7, 11) is 0. The molecule has 0 spiro atoms. The molecule has 8 aromatic heterocycles. The molecule has 16 rings (SSSR count). The zero-order chi connectivity index (χ0) is 74.5. The van der Waals surface area contributed by atoms with Gasteiger partial charge < -0.3 is 15.3 Å². The lowest BCUT2D eigenvalue weighted by atomic mass is 10.1. The van der Waals surface area contributed by atoms with E-state index in [-0.39, 0.29) is 64.7 Å². The number of aromatic amines is 8. The van der Waals surface area contributed by atoms with E-state index < -0.39 is 29.4 Å². The van der Waals surface area contributed by atoms with Crippen molar-refractivity contribution in [2.75, 3.05) is 13.2 Å². The van der Waals surface area contributed by atoms with Crippen LogP contribution >= 0.6 is 0 Å². The molecule has 1 atom stereocenters. The van der Waals surface area contributed by atoms with Gasteiger partial charge in [-0.2, -0.15) is 40.8 Å². The zero-order valence-electron chi connectivity index (χ0n) is 56.1. The van der Waals surface area contributed by atoms with E-state index in [0.29, 0.717) is 116 Å². The number of benzene rings is 8. The third-order valence-electron chi connectivity index (χ3n) is 16.4. The summed E-state index contributed by atoms with van der Waals surface area (Å²) in [5, 5.41) is 84.5. The summed E-state index contributed by atoms with van der Waals surface area (Å²) in [6.07, 6.45) is 17.0. The van der Waals surface area contributed by atoms with E-state index in [2.05, 4.69) is 102 Å². The molecule has 0 amide bonds. The quantitative estimate of drug-likeness (QED) is 0.0335. The minimum absolute atomic E-state index is 0.0507. The molecule has 0 saturated heterocycles. The molecule has 11 N–H and O–H groups in total. The second-order valence-corrected chi connectivity index (χ2v) is 23.9. The number of hydrogen-bond acceptors (Lipinski definition) is 15. The molecule has 0 aliphatic heterocycles. The Bertz CT molecular complexity index is 5840. The van der Waals surface area contributed by atoms with Crippen LogP contribution in [-0.4, -0.2) is 130 Å². The first-order chi connectivity index (χ1) is 52.0. The van der Waals surface area contributed by atoms with Crippen LogP contribution in [0.5, 0.6) is 0 Å². The van der Waals surface area contributed by atoms with Crippen molar-refractivity contribution in [3.63, 3.8) is 0 Å². The van der Waals surface area contributed by atoms with E-state index in [1.165, 1.54) is 79.1 Å². The van der Waals surface area contributed by atoms with Crippen molar-refractivity contribution in [3.05, 3.63) is 261 Å². The molecule has 1 unspecified atom stereocenters. The van der Waals surface area contributed by atoms with E-state index in [0.717, 1.165) is 33.0 Å². The summed E-state index contributed by atoms with van der Waals surface area (Å²) in [6.45, 7) is 1.67. The molecule has 8 heterocycles. The maximum atomic E-state index is 14.5. The Morgan fingerprint density at radius 1 is 0.383 bits per heavy atom. The molecule has 23 nitrogen and oxygen atoms in total. The Kier molecular flexibility index (Phi) is 22.1. The summed E-state index contributed by atoms with van der Waals surface area (Å²) >= 11 is 0. The number of rotatable bonds is 19. The molecule has 16 aromatic rings. The van der Waals surface area contributed by atoms with Crippen LogP contribution in [0.2, 0.25) is 0 Å². The van der Waals surface area contributed by atoms with Crippen molar-refractivity contribution in [3.8, 4) is 45.6 Å². The van der Waals surface area contributed by atoms with Gasteiger partial charge in [-0.1, -0.05) is 72.8 Å². The minimum Gasteiger partial charge on any atom is -0.396 e. The third-order valence-corrected chi connectivity index (χ3v) is 16.4. The van der Waals surface area contributed by atoms with Gasteiger partial charge in [-0.25, -0.2) is 55.1 Å². The van der Waals surface area contributed by atoms with Gasteiger partial charge >= 0.3 is 0 Å². The second kappa shape index (κ2) is 32.9. The largest absolute Gasteiger partial charge is 0.396 e. The molecular weight excluding hydrogens is 1390 g/mol. The molecule has 8 aromatic carbocycles. The number of aromatic nitrogens is 20. The first-order valence-electron chi connectivity index (χ1n) is 33.0. The maximum Gasteiger partial charge on any atom is 0.184 e. The highest BCUT2D eigenvalue weighted by molar-refractivity contribution is 5.96. The number of aryl methyl sites for hydroxylation is 2. The predicted octanol–water partition coefficient (Wildman–Crippen LogP) is 15.1. The zero-order valence-corrected chi connectivity index (χ0v) is 56.1. The van der Waals surface area contributed by atoms with Crippen molar-refractivity contribution < 1.29 is 50.4 Å². The lowest BCUT2D eigenvalue weighted by molar-refractivity contribution is 0.189. The Morgan fingerprint density at radius 2 is 0.794 bits per heavy atom. The van der Waals surface area contributed by atoms with Crippen LogP contribution in [0.3, 0.4) is 0 Å². The molecule has 107 heavy (non-hydrogen) atoms. The molecule has 0 saturated carbocycles. The van der Waals surface area contributed by atoms with Gasteiger partial charge in [0, 0.05) is 70.9 Å². The number of nitrogens with one attached hydrogen (secondary N) is 8. The van der Waals surface area contributed by atoms with E-state index >= 15 is 0 Å². The van der Waals surface area contributed by atoms with Crippen LogP contribution in [0.1, 0.15) is 88.4 Å². The number of H-pyrrole nitrogens is 8. The van der Waals surface area contributed by atoms with E-state index in [1.54, 1.807) is 122 Å². The number of halogens is 8. The van der Waals surface area contributed by atoms with Crippen molar-refractivity contribution in [2.45, 2.75) is 38.7 Å². The molecule has 0 bridgehead atoms. The molecule has 0 fully saturated rings. The Labute approximate surface area is 600 Å². The summed E-state index contributed by atoms with van der Waals surface area (Å²) in [6, 6.07) is 36.4. The number of fused-ring (bicyclic) bond motifs is 4. The highest BCUT2D eigenvalue weighted by atomic mass is 19.2. The van der Waals surface area contributed by atoms with Gasteiger partial charge in [-0.3, -0.25) is 40.8 Å². The van der Waals surface area contributed by atoms with Crippen molar-refractivity contribution in [2.24, 2.45) is 0 Å². The van der Waals surface area contributed by atoms with Gasteiger partial charge in [0.2, 0.25) is 0 Å². The Morgan fingerprint density at radius 3 is 1.22 bits per heavy atom. The number of aliphatic hydroxyl groups is 3. The molecule has 31 heteroatoms. The normalized spacial score (nSPS) is 12.0. The third kappa shape index (κ3) is 17.4. The lowest BCUT2D eigenvalue weighted by Gasteiger charge is -2.00. The Balaban J connectivity index is 0.000000126. The van der Waals surface area contributed by atoms with Gasteiger partial charge in [-0.15, -0.1) is 0 Å². The SMILES string of the molecule is CC(O)c1nc(-c2cc(F)c3n[nH]c(/C=C/c4ccc(F)cc4)c3c2)n[nH]1.Fc1ccc(/C=C/c2n[nH]c3cc(F)c(-c4ncn[nH]4)cc23)cc1.OCCCc1nc(-c2cc(F)c3n[nH]c(/C=C/c4ccc(F)cc4)c3c2)n[nH]1.OCCCc1nc(-c2cc3c(/C=C/c4ccc(F)cc4)n[nH]c3cc2F)n[nH]1. The van der Waals surface area contributed by atoms with E-state index in [1.807, 2.05) is 6.08 Å². The van der Waals surface area contributed by atoms with Crippen molar-refractivity contribution in [1.29, 1.82) is 0 Å². The smallest absolute Gasteiger partial charge is 0.184 e. The number of nitrogens with zero attached hydrogens (tertiary/aromatic N) is 12. The van der Waals surface area contributed by atoms with Crippen LogP contribution in [0.4, 0.5) is 35.1 Å². The Hall–Kier alpha value is -13.5. The van der Waals surface area contributed by atoms with Gasteiger partial charge in [0.25, 0.3) is 0 Å². The molecule has 0 aliphatic rings. The van der Waals surface area contributed by atoms with Crippen molar-refractivity contribution >= 4 is 92.2 Å². The van der Waals surface area contributed by atoms with Crippen molar-refractivity contribution in [1.82, 2.24) is 102 Å². The van der Waals surface area contributed by atoms with Crippen LogP contribution in [-0.2, 0) is 12.8 Å². The number of hydrogen-bond donors (Lipinski definition) is 11. The summed E-state index contributed by atoms with van der Waals surface area (Å²) in [4.78, 5) is 16.8. The van der Waals surface area contributed by atoms with Crippen LogP contribution in [0.15, 0.2) is 152 Å². The number of aliphatic hydroxyl groups excluding tert-OH is 3. The minimum atomic E-state index is -0.803. The highest BCUT2D eigenvalue weighted by Crippen LogP contribution is 2.33.